The van der Waals surface area contributed by atoms with E-state index in [1.807, 2.05) is 13.8 Å². The third-order valence-electron chi connectivity index (χ3n) is 3.40. The summed E-state index contributed by atoms with van der Waals surface area (Å²) >= 11 is 0. The van der Waals surface area contributed by atoms with Gasteiger partial charge in [0.2, 0.25) is 0 Å². The minimum Gasteiger partial charge on any atom is -0.528 e. The van der Waals surface area contributed by atoms with Gasteiger partial charge in [0, 0.05) is 0 Å². The van der Waals surface area contributed by atoms with Gasteiger partial charge < -0.3 is 18.8 Å². The van der Waals surface area contributed by atoms with Crippen molar-refractivity contribution in [2.45, 2.75) is 13.8 Å². The molecule has 2 aromatic carbocycles. The van der Waals surface area contributed by atoms with Crippen LogP contribution in [0.3, 0.4) is 0 Å². The second-order valence-corrected chi connectivity index (χ2v) is 5.46. The molecule has 0 atom stereocenters. The molecule has 0 spiro atoms. The fourth-order valence-electron chi connectivity index (χ4n) is 2.30. The van der Waals surface area contributed by atoms with Crippen LogP contribution < -0.4 is 9.31 Å². The second-order valence-electron chi connectivity index (χ2n) is 5.46. The largest absolute Gasteiger partial charge is 0.576 e. The van der Waals surface area contributed by atoms with Crippen molar-refractivity contribution in [1.82, 2.24) is 0 Å². The van der Waals surface area contributed by atoms with Gasteiger partial charge in [-0.15, -0.1) is 0 Å². The fraction of sp³-hybridized carbons (Fsp3) is 0.222. The Kier molecular flexibility index (Phi) is 6.06. The van der Waals surface area contributed by atoms with Gasteiger partial charge in [-0.2, -0.15) is 0 Å². The van der Waals surface area contributed by atoms with Gasteiger partial charge in [0.25, 0.3) is 0 Å². The molecule has 7 heteroatoms. The van der Waals surface area contributed by atoms with E-state index in [-0.39, 0.29) is 7.69 Å². The molecule has 0 aliphatic heterocycles. The topological polar surface area (TPSA) is 71.1 Å². The lowest BCUT2D eigenvalue weighted by atomic mass is 10.1. The molecule has 0 fully saturated rings. The Morgan fingerprint density at radius 2 is 1.12 bits per heavy atom. The van der Waals surface area contributed by atoms with Crippen LogP contribution in [0.15, 0.2) is 36.4 Å². The lowest BCUT2D eigenvalue weighted by Gasteiger charge is -2.11. The molecule has 0 N–H and O–H groups in total. The Morgan fingerprint density at radius 3 is 1.48 bits per heavy atom. The molecule has 2 rings (SSSR count). The lowest BCUT2D eigenvalue weighted by Crippen LogP contribution is -2.12. The molecule has 130 valence electrons. The van der Waals surface area contributed by atoms with E-state index < -0.39 is 11.9 Å². The van der Waals surface area contributed by atoms with Crippen molar-refractivity contribution in [2.24, 2.45) is 0 Å². The van der Waals surface area contributed by atoms with Crippen molar-refractivity contribution >= 4 is 19.6 Å². The Morgan fingerprint density at radius 1 is 0.720 bits per heavy atom. The van der Waals surface area contributed by atoms with E-state index >= 15 is 0 Å². The Labute approximate surface area is 147 Å². The first-order valence-electron chi connectivity index (χ1n) is 7.58. The highest BCUT2D eigenvalue weighted by Gasteiger charge is 2.11. The molecule has 0 saturated heterocycles. The van der Waals surface area contributed by atoms with Crippen LogP contribution in [0.2, 0.25) is 0 Å². The normalized spacial score (nSPS) is 9.92. The van der Waals surface area contributed by atoms with Crippen molar-refractivity contribution in [3.8, 4) is 11.5 Å². The highest BCUT2D eigenvalue weighted by molar-refractivity contribution is 6.20. The molecule has 6 nitrogen and oxygen atoms in total. The first kappa shape index (κ1) is 18.4. The maximum absolute atomic E-state index is 11.6. The van der Waals surface area contributed by atoms with Gasteiger partial charge >= 0.3 is 19.6 Å². The van der Waals surface area contributed by atoms with Crippen molar-refractivity contribution in [1.29, 1.82) is 0 Å². The van der Waals surface area contributed by atoms with Crippen LogP contribution in [-0.4, -0.2) is 33.8 Å². The number of hydrogen-bond donors (Lipinski definition) is 0. The van der Waals surface area contributed by atoms with Gasteiger partial charge in [0.15, 0.2) is 0 Å². The van der Waals surface area contributed by atoms with E-state index in [0.717, 1.165) is 11.1 Å². The predicted octanol–water partition coefficient (Wildman–Crippen LogP) is 2.60. The molecule has 0 saturated carbocycles. The first-order valence-corrected chi connectivity index (χ1v) is 7.58. The quantitative estimate of drug-likeness (QED) is 0.594. The predicted molar refractivity (Wildman–Crippen MR) is 93.4 cm³/mol. The molecule has 25 heavy (non-hydrogen) atoms. The van der Waals surface area contributed by atoms with E-state index in [2.05, 4.69) is 0 Å². The minimum atomic E-state index is -0.434. The number of carbonyl (C=O) groups is 2. The smallest absolute Gasteiger partial charge is 0.528 e. The summed E-state index contributed by atoms with van der Waals surface area (Å²) in [6.45, 7) is 3.70. The summed E-state index contributed by atoms with van der Waals surface area (Å²) in [4.78, 5) is 23.3. The van der Waals surface area contributed by atoms with E-state index in [1.54, 1.807) is 36.4 Å². The molecule has 0 aromatic heterocycles. The molecule has 0 amide bonds. The van der Waals surface area contributed by atoms with Crippen molar-refractivity contribution in [3.63, 3.8) is 0 Å². The van der Waals surface area contributed by atoms with Crippen LogP contribution >= 0.6 is 0 Å². The van der Waals surface area contributed by atoms with Crippen LogP contribution in [0.25, 0.3) is 0 Å². The molecule has 0 aliphatic rings. The van der Waals surface area contributed by atoms with Crippen molar-refractivity contribution in [2.75, 3.05) is 14.2 Å². The summed E-state index contributed by atoms with van der Waals surface area (Å²) in [6.07, 6.45) is 0. The van der Waals surface area contributed by atoms with Crippen LogP contribution in [0.1, 0.15) is 31.8 Å². The molecule has 0 radical (unpaired) electrons. The fourth-order valence-corrected chi connectivity index (χ4v) is 2.30. The van der Waals surface area contributed by atoms with Crippen molar-refractivity contribution < 1.29 is 28.4 Å². The average molecular weight is 342 g/mol. The van der Waals surface area contributed by atoms with Gasteiger partial charge in [0.1, 0.15) is 11.5 Å². The van der Waals surface area contributed by atoms with E-state index in [0.29, 0.717) is 22.6 Å². The SMILES string of the molecule is COC(=O)c1cc(C)cc(OBOc2cc(C)cc(C(=O)OC)c2)c1. The maximum atomic E-state index is 11.6. The molecular weight excluding hydrogens is 323 g/mol. The summed E-state index contributed by atoms with van der Waals surface area (Å²) in [7, 11) is 2.57. The monoisotopic (exact) mass is 342 g/mol. The third-order valence-corrected chi connectivity index (χ3v) is 3.40. The van der Waals surface area contributed by atoms with Gasteiger partial charge in [0.05, 0.1) is 25.3 Å². The first-order chi connectivity index (χ1) is 11.9. The number of aryl methyl sites for hydroxylation is 2. The van der Waals surface area contributed by atoms with Crippen molar-refractivity contribution in [3.05, 3.63) is 58.7 Å². The molecule has 0 heterocycles. The highest BCUT2D eigenvalue weighted by atomic mass is 16.6. The van der Waals surface area contributed by atoms with Gasteiger partial charge in [-0.25, -0.2) is 9.59 Å². The van der Waals surface area contributed by atoms with E-state index in [1.165, 1.54) is 14.2 Å². The summed E-state index contributed by atoms with van der Waals surface area (Å²) in [6, 6.07) is 10.2. The lowest BCUT2D eigenvalue weighted by molar-refractivity contribution is 0.0591. The molecule has 0 unspecified atom stereocenters. The Hall–Kier alpha value is -2.96. The molecule has 0 bridgehead atoms. The zero-order valence-electron chi connectivity index (χ0n) is 14.6. The molecular formula is C18H19BO6. The zero-order valence-corrected chi connectivity index (χ0v) is 14.6. The number of ether oxygens (including phenoxy) is 2. The van der Waals surface area contributed by atoms with Crippen LogP contribution in [0.4, 0.5) is 0 Å². The summed E-state index contributed by atoms with van der Waals surface area (Å²) in [5.74, 6) is 0.106. The Bertz CT molecular complexity index is 722. The zero-order chi connectivity index (χ0) is 18.4. The molecule has 2 aromatic rings. The number of benzene rings is 2. The van der Waals surface area contributed by atoms with E-state index in [4.69, 9.17) is 18.8 Å². The van der Waals surface area contributed by atoms with E-state index in [9.17, 15) is 9.59 Å². The number of hydrogen-bond acceptors (Lipinski definition) is 6. The highest BCUT2D eigenvalue weighted by Crippen LogP contribution is 2.20. The van der Waals surface area contributed by atoms with Crippen LogP contribution in [0.5, 0.6) is 11.5 Å². The van der Waals surface area contributed by atoms with Crippen LogP contribution in [0, 0.1) is 13.8 Å². The standard InChI is InChI=1S/C18H19BO6/c1-11-5-13(17(20)22-3)9-15(7-11)24-19-25-16-8-12(2)6-14(10-16)18(21)23-4/h5-10,19H,1-4H3. The molecule has 0 aliphatic carbocycles. The number of methoxy groups -OCH3 is 2. The summed E-state index contributed by atoms with van der Waals surface area (Å²) < 4.78 is 20.5. The minimum absolute atomic E-state index is 0.0753. The van der Waals surface area contributed by atoms with Gasteiger partial charge in [-0.05, 0) is 61.4 Å². The Balaban J connectivity index is 2.06. The maximum Gasteiger partial charge on any atom is 0.576 e. The number of rotatable bonds is 6. The second kappa shape index (κ2) is 8.23. The van der Waals surface area contributed by atoms with Crippen LogP contribution in [-0.2, 0) is 9.47 Å². The number of carbonyl (C=O) groups excluding carboxylic acids is 2. The summed E-state index contributed by atoms with van der Waals surface area (Å²) in [5.41, 5.74) is 2.53. The average Bonchev–Trinajstić information content (AvgIpc) is 2.59. The third kappa shape index (κ3) is 5.01. The van der Waals surface area contributed by atoms with Gasteiger partial charge in [-0.3, -0.25) is 0 Å². The van der Waals surface area contributed by atoms with Gasteiger partial charge in [-0.1, -0.05) is 0 Å². The summed E-state index contributed by atoms with van der Waals surface area (Å²) in [5, 5.41) is 0. The number of esters is 2.